The van der Waals surface area contributed by atoms with Gasteiger partial charge < -0.3 is 5.73 Å². The van der Waals surface area contributed by atoms with Crippen molar-refractivity contribution >= 4 is 28.1 Å². The summed E-state index contributed by atoms with van der Waals surface area (Å²) in [6, 6.07) is 10.8. The van der Waals surface area contributed by atoms with E-state index in [0.29, 0.717) is 15.6 Å². The van der Waals surface area contributed by atoms with Crippen molar-refractivity contribution in [2.75, 3.05) is 5.73 Å². The van der Waals surface area contributed by atoms with E-state index in [9.17, 15) is 8.60 Å². The van der Waals surface area contributed by atoms with E-state index in [-0.39, 0.29) is 16.9 Å². The molecule has 3 nitrogen and oxygen atoms in total. The van der Waals surface area contributed by atoms with E-state index >= 15 is 0 Å². The van der Waals surface area contributed by atoms with Gasteiger partial charge in [0.25, 0.3) is 0 Å². The average molecular weight is 309 g/mol. The molecular weight excluding hydrogens is 299 g/mol. The molecule has 6 heteroatoms. The monoisotopic (exact) mass is 308 g/mol. The molecule has 20 heavy (non-hydrogen) atoms. The van der Waals surface area contributed by atoms with Crippen LogP contribution in [0.2, 0.25) is 5.02 Å². The minimum absolute atomic E-state index is 0.0650. The maximum Gasteiger partial charge on any atom is 0.145 e. The summed E-state index contributed by atoms with van der Waals surface area (Å²) in [4.78, 5) is 0.355. The van der Waals surface area contributed by atoms with Gasteiger partial charge in [0, 0.05) is 11.3 Å². The van der Waals surface area contributed by atoms with Gasteiger partial charge in [-0.1, -0.05) is 23.7 Å². The molecule has 0 amide bonds. The third-order valence-electron chi connectivity index (χ3n) is 2.69. The molecule has 0 aromatic heterocycles. The van der Waals surface area contributed by atoms with E-state index in [0.717, 1.165) is 0 Å². The second-order valence-corrected chi connectivity index (χ2v) is 5.90. The molecule has 0 fully saturated rings. The molecule has 0 bridgehead atoms. The Morgan fingerprint density at radius 1 is 1.35 bits per heavy atom. The predicted octanol–water partition coefficient (Wildman–Crippen LogP) is 3.24. The third-order valence-corrected chi connectivity index (χ3v) is 4.53. The molecule has 102 valence electrons. The maximum absolute atomic E-state index is 13.9. The zero-order chi connectivity index (χ0) is 14.7. The Labute approximate surface area is 123 Å². The van der Waals surface area contributed by atoms with Gasteiger partial charge in [-0.15, -0.1) is 0 Å². The molecular formula is C14H10ClFN2OS. The van der Waals surface area contributed by atoms with Crippen molar-refractivity contribution < 1.29 is 8.60 Å². The number of nitrogens with zero attached hydrogens (tertiary/aromatic N) is 1. The van der Waals surface area contributed by atoms with Gasteiger partial charge in [-0.3, -0.25) is 4.21 Å². The molecule has 1 unspecified atom stereocenters. The molecule has 0 heterocycles. The zero-order valence-corrected chi connectivity index (χ0v) is 11.8. The summed E-state index contributed by atoms with van der Waals surface area (Å²) >= 11 is 5.96. The number of hydrogen-bond donors (Lipinski definition) is 1. The van der Waals surface area contributed by atoms with Gasteiger partial charge in [-0.05, 0) is 24.3 Å². The number of rotatable bonds is 3. The second-order valence-electron chi connectivity index (χ2n) is 4.07. The van der Waals surface area contributed by atoms with E-state index in [1.807, 2.05) is 0 Å². The van der Waals surface area contributed by atoms with Crippen molar-refractivity contribution in [3.05, 3.63) is 58.4 Å². The van der Waals surface area contributed by atoms with E-state index in [1.54, 1.807) is 24.3 Å². The van der Waals surface area contributed by atoms with Crippen molar-refractivity contribution in [3.63, 3.8) is 0 Å². The van der Waals surface area contributed by atoms with Gasteiger partial charge in [0.2, 0.25) is 0 Å². The van der Waals surface area contributed by atoms with Gasteiger partial charge in [0.15, 0.2) is 0 Å². The Morgan fingerprint density at radius 3 is 2.80 bits per heavy atom. The fourth-order valence-corrected chi connectivity index (χ4v) is 3.28. The van der Waals surface area contributed by atoms with Crippen LogP contribution in [0, 0.1) is 17.1 Å². The Hall–Kier alpha value is -1.90. The molecule has 1 atom stereocenters. The fraction of sp³-hybridized carbons (Fsp3) is 0.0714. The number of benzene rings is 2. The molecule has 0 aliphatic heterocycles. The topological polar surface area (TPSA) is 66.9 Å². The van der Waals surface area contributed by atoms with Crippen LogP contribution in [0.5, 0.6) is 0 Å². The van der Waals surface area contributed by atoms with Crippen molar-refractivity contribution in [1.29, 1.82) is 5.26 Å². The van der Waals surface area contributed by atoms with Crippen LogP contribution in [0.1, 0.15) is 11.1 Å². The minimum atomic E-state index is -1.54. The van der Waals surface area contributed by atoms with Crippen LogP contribution in [0.4, 0.5) is 10.1 Å². The molecule has 0 aliphatic carbocycles. The zero-order valence-electron chi connectivity index (χ0n) is 10.3. The summed E-state index contributed by atoms with van der Waals surface area (Å²) in [7, 11) is -1.54. The van der Waals surface area contributed by atoms with Crippen molar-refractivity contribution in [2.24, 2.45) is 0 Å². The van der Waals surface area contributed by atoms with Gasteiger partial charge in [-0.25, -0.2) is 4.39 Å². The Bertz CT molecular complexity index is 728. The lowest BCUT2D eigenvalue weighted by atomic mass is 10.1. The lowest BCUT2D eigenvalue weighted by Gasteiger charge is -2.07. The number of nitriles is 1. The summed E-state index contributed by atoms with van der Waals surface area (Å²) in [6.45, 7) is 0. The van der Waals surface area contributed by atoms with Crippen LogP contribution in [0.15, 0.2) is 41.3 Å². The lowest BCUT2D eigenvalue weighted by molar-refractivity contribution is 0.611. The Kier molecular flexibility index (Phi) is 4.38. The smallest absolute Gasteiger partial charge is 0.145 e. The van der Waals surface area contributed by atoms with Crippen LogP contribution in [0.25, 0.3) is 0 Å². The van der Waals surface area contributed by atoms with Crippen molar-refractivity contribution in [3.8, 4) is 6.07 Å². The summed E-state index contributed by atoms with van der Waals surface area (Å²) in [5, 5.41) is 9.09. The highest BCUT2D eigenvalue weighted by atomic mass is 35.5. The summed E-state index contributed by atoms with van der Waals surface area (Å²) < 4.78 is 26.2. The standard InChI is InChI=1S/C14H10ClFN2OS/c15-12-5-4-11(18)6-13(12)20(19)8-10-3-1-2-9(7-17)14(10)16/h1-6H,8,18H2. The average Bonchev–Trinajstić information content (AvgIpc) is 2.43. The Morgan fingerprint density at radius 2 is 2.10 bits per heavy atom. The first-order valence-corrected chi connectivity index (χ1v) is 7.33. The number of nitrogens with two attached hydrogens (primary N) is 1. The highest BCUT2D eigenvalue weighted by molar-refractivity contribution is 7.84. The molecule has 0 saturated heterocycles. The molecule has 2 rings (SSSR count). The maximum atomic E-state index is 13.9. The first-order chi connectivity index (χ1) is 9.52. The van der Waals surface area contributed by atoms with Crippen molar-refractivity contribution in [1.82, 2.24) is 0 Å². The molecule has 0 saturated carbocycles. The van der Waals surface area contributed by atoms with E-state index < -0.39 is 16.6 Å². The van der Waals surface area contributed by atoms with Crippen LogP contribution in [-0.2, 0) is 16.6 Å². The van der Waals surface area contributed by atoms with Crippen molar-refractivity contribution in [2.45, 2.75) is 10.6 Å². The van der Waals surface area contributed by atoms with E-state index in [4.69, 9.17) is 22.6 Å². The fourth-order valence-electron chi connectivity index (χ4n) is 1.69. The number of halogens is 2. The van der Waals surface area contributed by atoms with Crippen LogP contribution >= 0.6 is 11.6 Å². The van der Waals surface area contributed by atoms with Gasteiger partial charge in [0.05, 0.1) is 32.0 Å². The molecule has 2 aromatic carbocycles. The molecule has 2 N–H and O–H groups in total. The van der Waals surface area contributed by atoms with E-state index in [1.165, 1.54) is 18.2 Å². The summed E-state index contributed by atoms with van der Waals surface area (Å²) in [5.74, 6) is -0.715. The van der Waals surface area contributed by atoms with Crippen LogP contribution in [-0.4, -0.2) is 4.21 Å². The van der Waals surface area contributed by atoms with Crippen LogP contribution < -0.4 is 5.73 Å². The summed E-state index contributed by atoms with van der Waals surface area (Å²) in [6.07, 6.45) is 0. The largest absolute Gasteiger partial charge is 0.399 e. The van der Waals surface area contributed by atoms with Gasteiger partial charge in [0.1, 0.15) is 11.9 Å². The lowest BCUT2D eigenvalue weighted by Crippen LogP contribution is -2.02. The minimum Gasteiger partial charge on any atom is -0.399 e. The first-order valence-electron chi connectivity index (χ1n) is 5.64. The third kappa shape index (κ3) is 2.98. The van der Waals surface area contributed by atoms with Gasteiger partial charge >= 0.3 is 0 Å². The predicted molar refractivity (Wildman–Crippen MR) is 77.1 cm³/mol. The van der Waals surface area contributed by atoms with E-state index in [2.05, 4.69) is 0 Å². The highest BCUT2D eigenvalue weighted by Crippen LogP contribution is 2.25. The molecule has 0 aliphatic rings. The Balaban J connectivity index is 2.33. The van der Waals surface area contributed by atoms with Crippen LogP contribution in [0.3, 0.4) is 0 Å². The molecule has 2 aromatic rings. The first kappa shape index (κ1) is 14.5. The van der Waals surface area contributed by atoms with Gasteiger partial charge in [-0.2, -0.15) is 5.26 Å². The normalized spacial score (nSPS) is 11.8. The molecule has 0 spiro atoms. The highest BCUT2D eigenvalue weighted by Gasteiger charge is 2.14. The number of nitrogen functional groups attached to an aromatic ring is 1. The number of anilines is 1. The second kappa shape index (κ2) is 6.04. The SMILES string of the molecule is N#Cc1cccc(CS(=O)c2cc(N)ccc2Cl)c1F. The molecule has 0 radical (unpaired) electrons. The summed E-state index contributed by atoms with van der Waals surface area (Å²) in [5.41, 5.74) is 6.20. The number of hydrogen-bond acceptors (Lipinski definition) is 3. The quantitative estimate of drug-likeness (QED) is 0.885.